The van der Waals surface area contributed by atoms with Crippen LogP contribution in [0.1, 0.15) is 46.5 Å². The average Bonchev–Trinajstić information content (AvgIpc) is 3.03. The molecule has 2 atom stereocenters. The summed E-state index contributed by atoms with van der Waals surface area (Å²) in [7, 11) is 0. The molecule has 0 spiro atoms. The van der Waals surface area contributed by atoms with E-state index in [0.29, 0.717) is 17.8 Å². The maximum absolute atomic E-state index is 12.8. The van der Waals surface area contributed by atoms with Gasteiger partial charge in [-0.25, -0.2) is 0 Å². The molecular formula is C20H28N4OS. The highest BCUT2D eigenvalue weighted by molar-refractivity contribution is 7.99. The molecule has 1 aliphatic rings. The summed E-state index contributed by atoms with van der Waals surface area (Å²) < 4.78 is 2.14. The first-order chi connectivity index (χ1) is 12.6. The van der Waals surface area contributed by atoms with Crippen LogP contribution >= 0.6 is 11.8 Å². The topological polar surface area (TPSA) is 51.0 Å². The number of benzene rings is 1. The lowest BCUT2D eigenvalue weighted by atomic mass is 9.98. The lowest BCUT2D eigenvalue weighted by molar-refractivity contribution is -0.134. The minimum atomic E-state index is 0.210. The molecule has 26 heavy (non-hydrogen) atoms. The van der Waals surface area contributed by atoms with Crippen LogP contribution < -0.4 is 0 Å². The van der Waals surface area contributed by atoms with Crippen LogP contribution in [0.3, 0.4) is 0 Å². The zero-order valence-electron chi connectivity index (χ0n) is 15.9. The fourth-order valence-corrected chi connectivity index (χ4v) is 4.57. The van der Waals surface area contributed by atoms with Crippen molar-refractivity contribution in [3.8, 4) is 11.4 Å². The fourth-order valence-electron chi connectivity index (χ4n) is 3.74. The van der Waals surface area contributed by atoms with E-state index in [9.17, 15) is 4.79 Å². The van der Waals surface area contributed by atoms with Crippen molar-refractivity contribution in [2.75, 3.05) is 5.75 Å². The molecule has 6 heteroatoms. The molecule has 2 heterocycles. The summed E-state index contributed by atoms with van der Waals surface area (Å²) in [6.45, 7) is 7.31. The maximum Gasteiger partial charge on any atom is 0.233 e. The summed E-state index contributed by atoms with van der Waals surface area (Å²) in [5.74, 6) is 1.51. The van der Waals surface area contributed by atoms with Gasteiger partial charge in [0.25, 0.3) is 0 Å². The largest absolute Gasteiger partial charge is 0.337 e. The molecule has 1 aliphatic heterocycles. The SMILES string of the molecule is CCCn1c(SCC(=O)N2[C@H](C)CCC[C@H]2C)nnc1-c1ccccc1. The first kappa shape index (κ1) is 19.0. The molecule has 0 aliphatic carbocycles. The molecule has 1 aromatic heterocycles. The van der Waals surface area contributed by atoms with E-state index in [0.717, 1.165) is 42.4 Å². The summed E-state index contributed by atoms with van der Waals surface area (Å²) in [5, 5.41) is 9.59. The number of likely N-dealkylation sites (tertiary alicyclic amines) is 1. The predicted octanol–water partition coefficient (Wildman–Crippen LogP) is 4.24. The Hall–Kier alpha value is -1.82. The van der Waals surface area contributed by atoms with Crippen LogP contribution in [0.25, 0.3) is 11.4 Å². The van der Waals surface area contributed by atoms with E-state index in [1.54, 1.807) is 0 Å². The molecule has 1 aromatic carbocycles. The zero-order chi connectivity index (χ0) is 18.5. The number of rotatable bonds is 6. The van der Waals surface area contributed by atoms with Crippen LogP contribution in [0.2, 0.25) is 0 Å². The monoisotopic (exact) mass is 372 g/mol. The Morgan fingerprint density at radius 2 is 1.85 bits per heavy atom. The molecule has 1 fully saturated rings. The standard InChI is InChI=1S/C20H28N4OS/c1-4-13-23-19(17-11-6-5-7-12-17)21-22-20(23)26-14-18(25)24-15(2)9-8-10-16(24)3/h5-7,11-12,15-16H,4,8-10,13-14H2,1-3H3/t15-,16-/m1/s1. The molecule has 0 unspecified atom stereocenters. The number of carbonyl (C=O) groups is 1. The van der Waals surface area contributed by atoms with Gasteiger partial charge < -0.3 is 9.47 Å². The molecule has 0 saturated carbocycles. The molecule has 3 rings (SSSR count). The van der Waals surface area contributed by atoms with E-state index in [-0.39, 0.29) is 5.91 Å². The average molecular weight is 373 g/mol. The van der Waals surface area contributed by atoms with E-state index in [2.05, 4.69) is 40.4 Å². The van der Waals surface area contributed by atoms with Gasteiger partial charge in [0.1, 0.15) is 0 Å². The number of thioether (sulfide) groups is 1. The lowest BCUT2D eigenvalue weighted by Gasteiger charge is -2.39. The third-order valence-corrected chi connectivity index (χ3v) is 5.95. The highest BCUT2D eigenvalue weighted by Crippen LogP contribution is 2.27. The van der Waals surface area contributed by atoms with Crippen molar-refractivity contribution in [2.45, 2.75) is 70.2 Å². The predicted molar refractivity (Wildman–Crippen MR) is 106 cm³/mol. The molecule has 0 bridgehead atoms. The Kier molecular flexibility index (Phi) is 6.35. The molecule has 140 valence electrons. The van der Waals surface area contributed by atoms with Gasteiger partial charge in [-0.15, -0.1) is 10.2 Å². The minimum Gasteiger partial charge on any atom is -0.337 e. The van der Waals surface area contributed by atoms with Crippen LogP contribution in [0.5, 0.6) is 0 Å². The van der Waals surface area contributed by atoms with Crippen molar-refractivity contribution in [2.24, 2.45) is 0 Å². The third kappa shape index (κ3) is 4.11. The smallest absolute Gasteiger partial charge is 0.233 e. The van der Waals surface area contributed by atoms with Gasteiger partial charge in [0, 0.05) is 24.2 Å². The molecule has 0 radical (unpaired) electrons. The fraction of sp³-hybridized carbons (Fsp3) is 0.550. The van der Waals surface area contributed by atoms with E-state index in [1.807, 2.05) is 30.3 Å². The van der Waals surface area contributed by atoms with E-state index < -0.39 is 0 Å². The summed E-state index contributed by atoms with van der Waals surface area (Å²) >= 11 is 1.51. The van der Waals surface area contributed by atoms with Crippen molar-refractivity contribution in [3.05, 3.63) is 30.3 Å². The number of amides is 1. The van der Waals surface area contributed by atoms with Gasteiger partial charge >= 0.3 is 0 Å². The molecule has 0 N–H and O–H groups in total. The van der Waals surface area contributed by atoms with Crippen molar-refractivity contribution in [1.29, 1.82) is 0 Å². The lowest BCUT2D eigenvalue weighted by Crippen LogP contribution is -2.48. The first-order valence-corrected chi connectivity index (χ1v) is 10.5. The molecule has 5 nitrogen and oxygen atoms in total. The minimum absolute atomic E-state index is 0.210. The quantitative estimate of drug-likeness (QED) is 0.712. The zero-order valence-corrected chi connectivity index (χ0v) is 16.7. The number of carbonyl (C=O) groups excluding carboxylic acids is 1. The molecule has 2 aromatic rings. The Labute approximate surface area is 160 Å². The van der Waals surface area contributed by atoms with Crippen molar-refractivity contribution in [3.63, 3.8) is 0 Å². The second-order valence-electron chi connectivity index (χ2n) is 7.04. The van der Waals surface area contributed by atoms with Crippen molar-refractivity contribution >= 4 is 17.7 Å². The number of nitrogens with zero attached hydrogens (tertiary/aromatic N) is 4. The summed E-state index contributed by atoms with van der Waals surface area (Å²) in [5.41, 5.74) is 1.06. The van der Waals surface area contributed by atoms with Gasteiger partial charge in [0.2, 0.25) is 5.91 Å². The van der Waals surface area contributed by atoms with Gasteiger partial charge in [-0.2, -0.15) is 0 Å². The molecular weight excluding hydrogens is 344 g/mol. The number of piperidine rings is 1. The normalized spacial score (nSPS) is 20.3. The van der Waals surface area contributed by atoms with Crippen molar-refractivity contribution < 1.29 is 4.79 Å². The van der Waals surface area contributed by atoms with E-state index in [4.69, 9.17) is 0 Å². The highest BCUT2D eigenvalue weighted by atomic mass is 32.2. The van der Waals surface area contributed by atoms with E-state index in [1.165, 1.54) is 18.2 Å². The van der Waals surface area contributed by atoms with Crippen LogP contribution in [-0.4, -0.2) is 43.4 Å². The molecule has 1 saturated heterocycles. The van der Waals surface area contributed by atoms with Gasteiger partial charge in [0.15, 0.2) is 11.0 Å². The van der Waals surface area contributed by atoms with Gasteiger partial charge in [-0.1, -0.05) is 49.0 Å². The second-order valence-corrected chi connectivity index (χ2v) is 7.98. The number of hydrogen-bond acceptors (Lipinski definition) is 4. The second kappa shape index (κ2) is 8.71. The number of hydrogen-bond donors (Lipinski definition) is 0. The Morgan fingerprint density at radius 3 is 2.50 bits per heavy atom. The van der Waals surface area contributed by atoms with Gasteiger partial charge in [0.05, 0.1) is 5.75 Å². The van der Waals surface area contributed by atoms with Crippen LogP contribution in [0.4, 0.5) is 0 Å². The highest BCUT2D eigenvalue weighted by Gasteiger charge is 2.29. The Morgan fingerprint density at radius 1 is 1.15 bits per heavy atom. The number of aromatic nitrogens is 3. The van der Waals surface area contributed by atoms with E-state index >= 15 is 0 Å². The maximum atomic E-state index is 12.8. The van der Waals surface area contributed by atoms with Crippen LogP contribution in [0.15, 0.2) is 35.5 Å². The summed E-state index contributed by atoms with van der Waals surface area (Å²) in [6.07, 6.45) is 4.42. The van der Waals surface area contributed by atoms with Gasteiger partial charge in [-0.05, 0) is 39.5 Å². The third-order valence-electron chi connectivity index (χ3n) is 5.00. The van der Waals surface area contributed by atoms with Crippen LogP contribution in [-0.2, 0) is 11.3 Å². The Balaban J connectivity index is 1.73. The first-order valence-electron chi connectivity index (χ1n) is 9.54. The summed E-state index contributed by atoms with van der Waals surface area (Å²) in [4.78, 5) is 14.9. The Bertz CT molecular complexity index is 721. The molecule has 1 amide bonds. The van der Waals surface area contributed by atoms with Crippen LogP contribution in [0, 0.1) is 0 Å². The summed E-state index contributed by atoms with van der Waals surface area (Å²) in [6, 6.07) is 10.8. The van der Waals surface area contributed by atoms with Crippen molar-refractivity contribution in [1.82, 2.24) is 19.7 Å². The van der Waals surface area contributed by atoms with Gasteiger partial charge in [-0.3, -0.25) is 4.79 Å².